The maximum atomic E-state index is 11.6. The van der Waals surface area contributed by atoms with Crippen molar-refractivity contribution in [2.45, 2.75) is 6.61 Å². The van der Waals surface area contributed by atoms with E-state index >= 15 is 0 Å². The normalized spacial score (nSPS) is 9.95. The SMILES string of the molecule is O=C(Nc1nc(Cl)ccc1[N+](=O)[O-])OCc1ccccc1. The van der Waals surface area contributed by atoms with Gasteiger partial charge in [-0.15, -0.1) is 0 Å². The fraction of sp³-hybridized carbons (Fsp3) is 0.0769. The third-order valence-electron chi connectivity index (χ3n) is 2.47. The molecule has 1 aromatic heterocycles. The molecule has 0 unspecified atom stereocenters. The average Bonchev–Trinajstić information content (AvgIpc) is 2.46. The first-order valence-corrected chi connectivity index (χ1v) is 6.22. The quantitative estimate of drug-likeness (QED) is 0.530. The molecule has 1 aromatic carbocycles. The van der Waals surface area contributed by atoms with Crippen molar-refractivity contribution in [3.8, 4) is 0 Å². The van der Waals surface area contributed by atoms with E-state index in [1.807, 2.05) is 6.07 Å². The number of hydrogen-bond acceptors (Lipinski definition) is 5. The Kier molecular flexibility index (Phi) is 4.68. The Hall–Kier alpha value is -2.67. The van der Waals surface area contributed by atoms with Gasteiger partial charge in [0.15, 0.2) is 0 Å². The number of hydrogen-bond donors (Lipinski definition) is 1. The van der Waals surface area contributed by atoms with Crippen LogP contribution >= 0.6 is 11.6 Å². The molecule has 0 aliphatic heterocycles. The number of aromatic nitrogens is 1. The Morgan fingerprint density at radius 2 is 2.00 bits per heavy atom. The van der Waals surface area contributed by atoms with Gasteiger partial charge in [0.2, 0.25) is 5.82 Å². The summed E-state index contributed by atoms with van der Waals surface area (Å²) in [5.41, 5.74) is 0.428. The van der Waals surface area contributed by atoms with Gasteiger partial charge in [0.05, 0.1) is 4.92 Å². The van der Waals surface area contributed by atoms with E-state index in [-0.39, 0.29) is 23.3 Å². The lowest BCUT2D eigenvalue weighted by molar-refractivity contribution is -0.384. The number of ether oxygens (including phenoxy) is 1. The van der Waals surface area contributed by atoms with Gasteiger partial charge >= 0.3 is 11.8 Å². The van der Waals surface area contributed by atoms with Crippen molar-refractivity contribution < 1.29 is 14.5 Å². The van der Waals surface area contributed by atoms with Gasteiger partial charge in [-0.3, -0.25) is 15.4 Å². The fourth-order valence-electron chi connectivity index (χ4n) is 1.52. The molecule has 7 nitrogen and oxygen atoms in total. The van der Waals surface area contributed by atoms with E-state index in [2.05, 4.69) is 10.3 Å². The van der Waals surface area contributed by atoms with Crippen molar-refractivity contribution in [2.24, 2.45) is 0 Å². The Bertz CT molecular complexity index is 664. The number of carbonyl (C=O) groups is 1. The molecule has 0 radical (unpaired) electrons. The molecule has 0 fully saturated rings. The van der Waals surface area contributed by atoms with Gasteiger partial charge < -0.3 is 4.74 Å². The molecular weight excluding hydrogens is 298 g/mol. The molecule has 0 aliphatic rings. The van der Waals surface area contributed by atoms with Crippen molar-refractivity contribution in [3.63, 3.8) is 0 Å². The molecule has 21 heavy (non-hydrogen) atoms. The highest BCUT2D eigenvalue weighted by Crippen LogP contribution is 2.24. The van der Waals surface area contributed by atoms with Crippen LogP contribution < -0.4 is 5.32 Å². The molecule has 2 rings (SSSR count). The summed E-state index contributed by atoms with van der Waals surface area (Å²) in [6, 6.07) is 11.4. The van der Waals surface area contributed by atoms with Gasteiger partial charge in [-0.05, 0) is 11.6 Å². The standard InChI is InChI=1S/C13H10ClN3O4/c14-11-7-6-10(17(19)20)12(15-11)16-13(18)21-8-9-4-2-1-3-5-9/h1-7H,8H2,(H,15,16,18). The fourth-order valence-corrected chi connectivity index (χ4v) is 1.67. The van der Waals surface area contributed by atoms with Crippen LogP contribution in [0.25, 0.3) is 0 Å². The van der Waals surface area contributed by atoms with E-state index in [9.17, 15) is 14.9 Å². The highest BCUT2D eigenvalue weighted by molar-refractivity contribution is 6.29. The molecule has 0 saturated carbocycles. The first-order valence-electron chi connectivity index (χ1n) is 5.85. The average molecular weight is 308 g/mol. The Balaban J connectivity index is 2.02. The number of nitrogens with one attached hydrogen (secondary N) is 1. The summed E-state index contributed by atoms with van der Waals surface area (Å²) in [6.07, 6.45) is -0.850. The maximum Gasteiger partial charge on any atom is 0.413 e. The number of pyridine rings is 1. The van der Waals surface area contributed by atoms with E-state index in [4.69, 9.17) is 16.3 Å². The second-order valence-corrected chi connectivity index (χ2v) is 4.33. The molecule has 2 aromatic rings. The number of nitro groups is 1. The van der Waals surface area contributed by atoms with Gasteiger partial charge in [0, 0.05) is 6.07 Å². The number of benzene rings is 1. The number of carbonyl (C=O) groups excluding carboxylic acids is 1. The van der Waals surface area contributed by atoms with Crippen molar-refractivity contribution in [3.05, 3.63) is 63.3 Å². The van der Waals surface area contributed by atoms with Crippen LogP contribution in [0.3, 0.4) is 0 Å². The Morgan fingerprint density at radius 1 is 1.29 bits per heavy atom. The summed E-state index contributed by atoms with van der Waals surface area (Å²) in [5, 5.41) is 13.1. The summed E-state index contributed by atoms with van der Waals surface area (Å²) in [6.45, 7) is 0.0427. The van der Waals surface area contributed by atoms with Crippen molar-refractivity contribution >= 4 is 29.2 Å². The van der Waals surface area contributed by atoms with Gasteiger partial charge in [-0.25, -0.2) is 9.78 Å². The summed E-state index contributed by atoms with van der Waals surface area (Å²) in [7, 11) is 0. The Morgan fingerprint density at radius 3 is 2.67 bits per heavy atom. The smallest absolute Gasteiger partial charge is 0.413 e. The van der Waals surface area contributed by atoms with Gasteiger partial charge in [-0.1, -0.05) is 41.9 Å². The number of rotatable bonds is 4. The number of anilines is 1. The lowest BCUT2D eigenvalue weighted by atomic mass is 10.2. The largest absolute Gasteiger partial charge is 0.444 e. The van der Waals surface area contributed by atoms with Crippen LogP contribution in [0.1, 0.15) is 5.56 Å². The van der Waals surface area contributed by atoms with Crippen LogP contribution in [0.4, 0.5) is 16.3 Å². The molecular formula is C13H10ClN3O4. The lowest BCUT2D eigenvalue weighted by Gasteiger charge is -2.07. The molecule has 1 N–H and O–H groups in total. The van der Waals surface area contributed by atoms with E-state index in [0.717, 1.165) is 11.6 Å². The molecule has 0 saturated heterocycles. The Labute approximate surface area is 124 Å². The summed E-state index contributed by atoms with van der Waals surface area (Å²) in [4.78, 5) is 25.5. The molecule has 1 heterocycles. The van der Waals surface area contributed by atoms with Crippen LogP contribution in [0.2, 0.25) is 5.15 Å². The van der Waals surface area contributed by atoms with Gasteiger partial charge in [0.25, 0.3) is 0 Å². The first-order chi connectivity index (χ1) is 10.1. The molecule has 0 atom stereocenters. The lowest BCUT2D eigenvalue weighted by Crippen LogP contribution is -2.15. The van der Waals surface area contributed by atoms with Crippen molar-refractivity contribution in [1.29, 1.82) is 0 Å². The van der Waals surface area contributed by atoms with E-state index in [1.165, 1.54) is 6.07 Å². The zero-order chi connectivity index (χ0) is 15.2. The van der Waals surface area contributed by atoms with E-state index in [1.54, 1.807) is 24.3 Å². The molecule has 8 heteroatoms. The van der Waals surface area contributed by atoms with Crippen LogP contribution in [-0.4, -0.2) is 16.0 Å². The van der Waals surface area contributed by atoms with Crippen LogP contribution in [0.15, 0.2) is 42.5 Å². The minimum absolute atomic E-state index is 0.0268. The molecule has 0 bridgehead atoms. The first kappa shape index (κ1) is 14.7. The predicted molar refractivity (Wildman–Crippen MR) is 76.2 cm³/mol. The summed E-state index contributed by atoms with van der Waals surface area (Å²) >= 11 is 5.65. The molecule has 0 spiro atoms. The third-order valence-corrected chi connectivity index (χ3v) is 2.68. The highest BCUT2D eigenvalue weighted by atomic mass is 35.5. The zero-order valence-corrected chi connectivity index (χ0v) is 11.4. The summed E-state index contributed by atoms with van der Waals surface area (Å²) < 4.78 is 4.95. The van der Waals surface area contributed by atoms with Gasteiger partial charge in [-0.2, -0.15) is 0 Å². The second kappa shape index (κ2) is 6.67. The number of amides is 1. The molecule has 0 aliphatic carbocycles. The van der Waals surface area contributed by atoms with Crippen molar-refractivity contribution in [2.75, 3.05) is 5.32 Å². The zero-order valence-electron chi connectivity index (χ0n) is 10.7. The van der Waals surface area contributed by atoms with Gasteiger partial charge in [0.1, 0.15) is 11.8 Å². The molecule has 1 amide bonds. The van der Waals surface area contributed by atoms with Crippen LogP contribution in [0.5, 0.6) is 0 Å². The molecule has 108 valence electrons. The maximum absolute atomic E-state index is 11.6. The van der Waals surface area contributed by atoms with Crippen LogP contribution in [0, 0.1) is 10.1 Å². The highest BCUT2D eigenvalue weighted by Gasteiger charge is 2.18. The number of nitrogens with zero attached hydrogens (tertiary/aromatic N) is 2. The van der Waals surface area contributed by atoms with E-state index in [0.29, 0.717) is 0 Å². The van der Waals surface area contributed by atoms with E-state index < -0.39 is 11.0 Å². The summed E-state index contributed by atoms with van der Waals surface area (Å²) in [5.74, 6) is -0.259. The second-order valence-electron chi connectivity index (χ2n) is 3.95. The third kappa shape index (κ3) is 4.15. The monoisotopic (exact) mass is 307 g/mol. The van der Waals surface area contributed by atoms with Crippen molar-refractivity contribution in [1.82, 2.24) is 4.98 Å². The van der Waals surface area contributed by atoms with Crippen LogP contribution in [-0.2, 0) is 11.3 Å². The predicted octanol–water partition coefficient (Wildman–Crippen LogP) is 3.39. The topological polar surface area (TPSA) is 94.4 Å². The number of halogens is 1. The minimum Gasteiger partial charge on any atom is -0.444 e. The minimum atomic E-state index is -0.850.